The summed E-state index contributed by atoms with van der Waals surface area (Å²) in [7, 11) is 0. The Morgan fingerprint density at radius 3 is 2.19 bits per heavy atom. The van der Waals surface area contributed by atoms with Crippen LogP contribution in [0.15, 0.2) is 24.3 Å². The van der Waals surface area contributed by atoms with Crippen LogP contribution in [0.5, 0.6) is 5.75 Å². The average molecular weight is 235 g/mol. The van der Waals surface area contributed by atoms with Crippen LogP contribution in [0.3, 0.4) is 0 Å². The van der Waals surface area contributed by atoms with E-state index in [0.29, 0.717) is 12.3 Å². The molecular formula is C10H12F3NO2. The Balaban J connectivity index is 2.27. The predicted octanol–water partition coefficient (Wildman–Crippen LogP) is 2.06. The van der Waals surface area contributed by atoms with E-state index in [1.165, 1.54) is 0 Å². The molecule has 0 radical (unpaired) electrons. The first-order valence-electron chi connectivity index (χ1n) is 4.64. The van der Waals surface area contributed by atoms with Gasteiger partial charge >= 0.3 is 6.36 Å². The van der Waals surface area contributed by atoms with Crippen molar-refractivity contribution in [2.45, 2.75) is 12.9 Å². The van der Waals surface area contributed by atoms with Crippen LogP contribution >= 0.6 is 0 Å². The van der Waals surface area contributed by atoms with Gasteiger partial charge in [-0.25, -0.2) is 0 Å². The van der Waals surface area contributed by atoms with Gasteiger partial charge in [0, 0.05) is 6.54 Å². The minimum absolute atomic E-state index is 0.151. The molecule has 0 unspecified atom stereocenters. The molecule has 0 aromatic heterocycles. The molecule has 1 aromatic carbocycles. The summed E-state index contributed by atoms with van der Waals surface area (Å²) >= 11 is 0. The van der Waals surface area contributed by atoms with Crippen molar-refractivity contribution in [3.05, 3.63) is 29.8 Å². The molecule has 0 aliphatic rings. The minimum atomic E-state index is -4.60. The molecule has 6 heteroatoms. The highest BCUT2D eigenvalue weighted by Gasteiger charge is 2.28. The third-order valence-corrected chi connectivity index (χ3v) is 1.78. The first-order chi connectivity index (χ1) is 7.51. The SMILES string of the molecule is NCc1ccc(OCCOC(F)(F)F)cc1. The van der Waals surface area contributed by atoms with E-state index in [0.717, 1.165) is 5.56 Å². The minimum Gasteiger partial charge on any atom is -0.491 e. The topological polar surface area (TPSA) is 44.5 Å². The maximum atomic E-state index is 11.6. The third-order valence-electron chi connectivity index (χ3n) is 1.78. The van der Waals surface area contributed by atoms with Crippen molar-refractivity contribution in [3.63, 3.8) is 0 Å². The lowest BCUT2D eigenvalue weighted by atomic mass is 10.2. The summed E-state index contributed by atoms with van der Waals surface area (Å²) in [5.74, 6) is 0.489. The van der Waals surface area contributed by atoms with Gasteiger partial charge in [0.25, 0.3) is 0 Å². The number of benzene rings is 1. The monoisotopic (exact) mass is 235 g/mol. The summed E-state index contributed by atoms with van der Waals surface area (Å²) in [6.07, 6.45) is -4.60. The Morgan fingerprint density at radius 1 is 1.06 bits per heavy atom. The molecule has 0 fully saturated rings. The summed E-state index contributed by atoms with van der Waals surface area (Å²) in [6, 6.07) is 6.80. The summed E-state index contributed by atoms with van der Waals surface area (Å²) < 4.78 is 43.4. The second kappa shape index (κ2) is 5.72. The van der Waals surface area contributed by atoms with Gasteiger partial charge in [-0.05, 0) is 17.7 Å². The number of hydrogen-bond donors (Lipinski definition) is 1. The van der Waals surface area contributed by atoms with Crippen LogP contribution in [0.25, 0.3) is 0 Å². The van der Waals surface area contributed by atoms with Crippen molar-refractivity contribution in [1.29, 1.82) is 0 Å². The summed E-state index contributed by atoms with van der Waals surface area (Å²) in [5.41, 5.74) is 6.31. The second-order valence-electron chi connectivity index (χ2n) is 2.99. The molecule has 0 heterocycles. The lowest BCUT2D eigenvalue weighted by molar-refractivity contribution is -0.325. The second-order valence-corrected chi connectivity index (χ2v) is 2.99. The summed E-state index contributed by atoms with van der Waals surface area (Å²) in [4.78, 5) is 0. The van der Waals surface area contributed by atoms with E-state index in [2.05, 4.69) is 4.74 Å². The Bertz CT molecular complexity index is 311. The van der Waals surface area contributed by atoms with Crippen LogP contribution in [0.2, 0.25) is 0 Å². The fourth-order valence-corrected chi connectivity index (χ4v) is 1.04. The van der Waals surface area contributed by atoms with Gasteiger partial charge in [0.05, 0.1) is 6.61 Å². The molecule has 90 valence electrons. The van der Waals surface area contributed by atoms with Gasteiger partial charge in [0.1, 0.15) is 12.4 Å². The zero-order valence-electron chi connectivity index (χ0n) is 8.46. The highest BCUT2D eigenvalue weighted by atomic mass is 19.4. The fraction of sp³-hybridized carbons (Fsp3) is 0.400. The summed E-state index contributed by atoms with van der Waals surface area (Å²) in [6.45, 7) is -0.263. The van der Waals surface area contributed by atoms with Gasteiger partial charge in [0.2, 0.25) is 0 Å². The van der Waals surface area contributed by atoms with Crippen LogP contribution in [0, 0.1) is 0 Å². The van der Waals surface area contributed by atoms with Gasteiger partial charge in [-0.15, -0.1) is 13.2 Å². The molecule has 0 spiro atoms. The van der Waals surface area contributed by atoms with Crippen molar-refractivity contribution >= 4 is 0 Å². The van der Waals surface area contributed by atoms with E-state index in [9.17, 15) is 13.2 Å². The molecule has 1 aromatic rings. The molecule has 0 aliphatic heterocycles. The number of rotatable bonds is 5. The predicted molar refractivity (Wildman–Crippen MR) is 51.8 cm³/mol. The van der Waals surface area contributed by atoms with E-state index >= 15 is 0 Å². The Kier molecular flexibility index (Phi) is 4.57. The van der Waals surface area contributed by atoms with Crippen molar-refractivity contribution in [3.8, 4) is 5.75 Å². The van der Waals surface area contributed by atoms with Gasteiger partial charge in [-0.2, -0.15) is 0 Å². The maximum Gasteiger partial charge on any atom is 0.522 e. The standard InChI is InChI=1S/C10H12F3NO2/c11-10(12,13)16-6-5-15-9-3-1-8(7-14)2-4-9/h1-4H,5-7,14H2. The molecule has 0 aliphatic carbocycles. The first-order valence-corrected chi connectivity index (χ1v) is 4.64. The number of halogens is 3. The van der Waals surface area contributed by atoms with Gasteiger partial charge < -0.3 is 10.5 Å². The molecule has 16 heavy (non-hydrogen) atoms. The van der Waals surface area contributed by atoms with E-state index in [-0.39, 0.29) is 6.61 Å². The van der Waals surface area contributed by atoms with E-state index in [1.54, 1.807) is 24.3 Å². The van der Waals surface area contributed by atoms with Crippen molar-refractivity contribution in [2.24, 2.45) is 5.73 Å². The van der Waals surface area contributed by atoms with Crippen LogP contribution < -0.4 is 10.5 Å². The smallest absolute Gasteiger partial charge is 0.491 e. The molecule has 1 rings (SSSR count). The number of ether oxygens (including phenoxy) is 2. The molecular weight excluding hydrogens is 223 g/mol. The number of nitrogens with two attached hydrogens (primary N) is 1. The number of alkyl halides is 3. The zero-order valence-corrected chi connectivity index (χ0v) is 8.46. The first kappa shape index (κ1) is 12.8. The Morgan fingerprint density at radius 2 is 1.69 bits per heavy atom. The fourth-order valence-electron chi connectivity index (χ4n) is 1.04. The quantitative estimate of drug-likeness (QED) is 0.794. The van der Waals surface area contributed by atoms with Crippen LogP contribution in [-0.4, -0.2) is 19.6 Å². The van der Waals surface area contributed by atoms with Crippen molar-refractivity contribution in [2.75, 3.05) is 13.2 Å². The van der Waals surface area contributed by atoms with Gasteiger partial charge in [0.15, 0.2) is 0 Å². The van der Waals surface area contributed by atoms with E-state index in [1.807, 2.05) is 0 Å². The highest BCUT2D eigenvalue weighted by molar-refractivity contribution is 5.26. The zero-order chi connectivity index (χ0) is 12.0. The molecule has 0 atom stereocenters. The van der Waals surface area contributed by atoms with Gasteiger partial charge in [-0.3, -0.25) is 4.74 Å². The molecule has 0 amide bonds. The van der Waals surface area contributed by atoms with Crippen molar-refractivity contribution in [1.82, 2.24) is 0 Å². The van der Waals surface area contributed by atoms with Crippen LogP contribution in [-0.2, 0) is 11.3 Å². The average Bonchev–Trinajstić information content (AvgIpc) is 2.24. The Hall–Kier alpha value is -1.27. The largest absolute Gasteiger partial charge is 0.522 e. The van der Waals surface area contributed by atoms with Crippen molar-refractivity contribution < 1.29 is 22.6 Å². The maximum absolute atomic E-state index is 11.6. The molecule has 0 bridgehead atoms. The lowest BCUT2D eigenvalue weighted by Gasteiger charge is -2.09. The van der Waals surface area contributed by atoms with E-state index < -0.39 is 13.0 Å². The molecule has 2 N–H and O–H groups in total. The molecule has 0 saturated heterocycles. The summed E-state index contributed by atoms with van der Waals surface area (Å²) in [5, 5.41) is 0. The number of hydrogen-bond acceptors (Lipinski definition) is 3. The molecule has 3 nitrogen and oxygen atoms in total. The normalized spacial score (nSPS) is 11.5. The van der Waals surface area contributed by atoms with Gasteiger partial charge in [-0.1, -0.05) is 12.1 Å². The van der Waals surface area contributed by atoms with Crippen LogP contribution in [0.1, 0.15) is 5.56 Å². The molecule has 0 saturated carbocycles. The van der Waals surface area contributed by atoms with E-state index in [4.69, 9.17) is 10.5 Å². The highest BCUT2D eigenvalue weighted by Crippen LogP contribution is 2.16. The third kappa shape index (κ3) is 4.99. The Labute approximate surface area is 91.0 Å². The lowest BCUT2D eigenvalue weighted by Crippen LogP contribution is -2.18. The van der Waals surface area contributed by atoms with Crippen LogP contribution in [0.4, 0.5) is 13.2 Å².